The van der Waals surface area contributed by atoms with Crippen molar-refractivity contribution in [3.8, 4) is 0 Å². The summed E-state index contributed by atoms with van der Waals surface area (Å²) in [6.07, 6.45) is -6.19. The lowest BCUT2D eigenvalue weighted by Crippen LogP contribution is -2.29. The van der Waals surface area contributed by atoms with Gasteiger partial charge in [0.2, 0.25) is 0 Å². The average Bonchev–Trinajstić information content (AvgIpc) is 2.58. The lowest BCUT2D eigenvalue weighted by molar-refractivity contribution is -0.385. The molecule has 6 nitrogen and oxygen atoms in total. The van der Waals surface area contributed by atoms with Gasteiger partial charge in [0.05, 0.1) is 16.6 Å². The topological polar surface area (TPSA) is 92.5 Å². The molecule has 0 aliphatic carbocycles. The van der Waals surface area contributed by atoms with E-state index < -0.39 is 35.2 Å². The van der Waals surface area contributed by atoms with E-state index in [0.29, 0.717) is 0 Å². The molecular weight excluding hydrogens is 353 g/mol. The number of carbonyl (C=O) groups excluding carboxylic acids is 1. The minimum Gasteiger partial charge on any atom is -0.387 e. The maximum atomic E-state index is 13.0. The summed E-state index contributed by atoms with van der Waals surface area (Å²) < 4.78 is 38.9. The van der Waals surface area contributed by atoms with Gasteiger partial charge in [-0.15, -0.1) is 0 Å². The third kappa shape index (κ3) is 4.37. The van der Waals surface area contributed by atoms with Crippen molar-refractivity contribution in [2.24, 2.45) is 0 Å². The number of halogens is 3. The first kappa shape index (κ1) is 19.4. The number of amides is 1. The number of hydrogen-bond acceptors (Lipinski definition) is 4. The summed E-state index contributed by atoms with van der Waals surface area (Å²) in [5, 5.41) is 23.1. The van der Waals surface area contributed by atoms with Crippen LogP contribution < -0.4 is 5.32 Å². The van der Waals surface area contributed by atoms with Crippen LogP contribution in [0.2, 0.25) is 0 Å². The summed E-state index contributed by atoms with van der Waals surface area (Å²) in [6, 6.07) is 8.24. The fourth-order valence-corrected chi connectivity index (χ4v) is 2.45. The highest BCUT2D eigenvalue weighted by Crippen LogP contribution is 2.34. The quantitative estimate of drug-likeness (QED) is 0.625. The van der Waals surface area contributed by atoms with Crippen LogP contribution in [0, 0.1) is 17.0 Å². The van der Waals surface area contributed by atoms with Crippen LogP contribution in [0.5, 0.6) is 0 Å². The van der Waals surface area contributed by atoms with Crippen molar-refractivity contribution < 1.29 is 28.0 Å². The van der Waals surface area contributed by atoms with Crippen LogP contribution in [0.1, 0.15) is 33.2 Å². The lowest BCUT2D eigenvalue weighted by Gasteiger charge is -2.18. The summed E-state index contributed by atoms with van der Waals surface area (Å²) in [6.45, 7) is 1.02. The first-order valence-electron chi connectivity index (χ1n) is 7.48. The number of aryl methyl sites for hydroxylation is 1. The number of nitro benzene ring substituents is 1. The minimum atomic E-state index is -4.63. The summed E-state index contributed by atoms with van der Waals surface area (Å²) >= 11 is 0. The van der Waals surface area contributed by atoms with Crippen LogP contribution in [0.4, 0.5) is 18.9 Å². The number of benzene rings is 2. The molecule has 2 aromatic rings. The Balaban J connectivity index is 2.11. The monoisotopic (exact) mass is 368 g/mol. The van der Waals surface area contributed by atoms with Crippen molar-refractivity contribution in [1.29, 1.82) is 0 Å². The number of nitro groups is 1. The smallest absolute Gasteiger partial charge is 0.387 e. The summed E-state index contributed by atoms with van der Waals surface area (Å²) in [5.74, 6) is -0.661. The van der Waals surface area contributed by atoms with E-state index >= 15 is 0 Å². The second kappa shape index (κ2) is 7.52. The Kier molecular flexibility index (Phi) is 5.61. The van der Waals surface area contributed by atoms with Gasteiger partial charge in [-0.1, -0.05) is 18.2 Å². The molecule has 2 aromatic carbocycles. The minimum absolute atomic E-state index is 0.101. The molecule has 2 rings (SSSR count). The van der Waals surface area contributed by atoms with Crippen LogP contribution in [-0.2, 0) is 6.18 Å². The summed E-state index contributed by atoms with van der Waals surface area (Å²) in [5.41, 5.74) is -1.11. The molecule has 1 atom stereocenters. The second-order valence-corrected chi connectivity index (χ2v) is 5.57. The van der Waals surface area contributed by atoms with E-state index in [1.54, 1.807) is 0 Å². The van der Waals surface area contributed by atoms with Gasteiger partial charge in [-0.3, -0.25) is 14.9 Å². The maximum Gasteiger partial charge on any atom is 0.416 e. The number of hydrogen-bond donors (Lipinski definition) is 2. The molecule has 2 N–H and O–H groups in total. The van der Waals surface area contributed by atoms with Crippen molar-refractivity contribution in [2.75, 3.05) is 6.54 Å². The highest BCUT2D eigenvalue weighted by molar-refractivity contribution is 5.94. The number of nitrogens with one attached hydrogen (secondary N) is 1. The van der Waals surface area contributed by atoms with Gasteiger partial charge in [-0.05, 0) is 30.7 Å². The summed E-state index contributed by atoms with van der Waals surface area (Å²) in [7, 11) is 0. The Labute approximate surface area is 146 Å². The van der Waals surface area contributed by atoms with Crippen molar-refractivity contribution >= 4 is 11.6 Å². The van der Waals surface area contributed by atoms with Crippen LogP contribution in [-0.4, -0.2) is 22.5 Å². The van der Waals surface area contributed by atoms with Crippen LogP contribution in [0.25, 0.3) is 0 Å². The zero-order valence-corrected chi connectivity index (χ0v) is 13.6. The van der Waals surface area contributed by atoms with Crippen molar-refractivity contribution in [3.63, 3.8) is 0 Å². The molecule has 138 valence electrons. The molecule has 1 unspecified atom stereocenters. The number of rotatable bonds is 5. The van der Waals surface area contributed by atoms with Gasteiger partial charge >= 0.3 is 6.18 Å². The number of aliphatic hydroxyl groups excluding tert-OH is 1. The second-order valence-electron chi connectivity index (χ2n) is 5.57. The Hall–Kier alpha value is -2.94. The summed E-state index contributed by atoms with van der Waals surface area (Å²) in [4.78, 5) is 22.3. The van der Waals surface area contributed by atoms with E-state index in [1.807, 2.05) is 0 Å². The molecule has 0 saturated heterocycles. The first-order valence-corrected chi connectivity index (χ1v) is 7.48. The van der Waals surface area contributed by atoms with Gasteiger partial charge in [-0.2, -0.15) is 13.2 Å². The fourth-order valence-electron chi connectivity index (χ4n) is 2.45. The standard InChI is InChI=1S/C17H15F3N2O4/c1-10-8-11(6-7-14(10)22(25)26)16(24)21-9-15(23)12-4-2-3-5-13(12)17(18,19)20/h2-8,15,23H,9H2,1H3,(H,21,24). The average molecular weight is 368 g/mol. The normalized spacial score (nSPS) is 12.5. The molecule has 0 bridgehead atoms. The molecule has 0 aliphatic rings. The Morgan fingerprint density at radius 3 is 2.50 bits per heavy atom. The van der Waals surface area contributed by atoms with E-state index in [1.165, 1.54) is 37.3 Å². The number of nitrogens with zero attached hydrogens (tertiary/aromatic N) is 1. The zero-order chi connectivity index (χ0) is 19.5. The van der Waals surface area contributed by atoms with Gasteiger partial charge < -0.3 is 10.4 Å². The van der Waals surface area contributed by atoms with E-state index in [-0.39, 0.29) is 22.4 Å². The van der Waals surface area contributed by atoms with Crippen molar-refractivity contribution in [3.05, 3.63) is 74.8 Å². The number of aliphatic hydroxyl groups is 1. The van der Waals surface area contributed by atoms with E-state index in [4.69, 9.17) is 0 Å². The van der Waals surface area contributed by atoms with Gasteiger partial charge in [-0.25, -0.2) is 0 Å². The Morgan fingerprint density at radius 1 is 1.27 bits per heavy atom. The fraction of sp³-hybridized carbons (Fsp3) is 0.235. The zero-order valence-electron chi connectivity index (χ0n) is 13.6. The molecule has 9 heteroatoms. The molecular formula is C17H15F3N2O4. The largest absolute Gasteiger partial charge is 0.416 e. The maximum absolute atomic E-state index is 13.0. The van der Waals surface area contributed by atoms with Crippen LogP contribution in [0.3, 0.4) is 0 Å². The van der Waals surface area contributed by atoms with Gasteiger partial charge in [0.25, 0.3) is 11.6 Å². The molecule has 0 saturated carbocycles. The highest BCUT2D eigenvalue weighted by atomic mass is 19.4. The Bertz CT molecular complexity index is 837. The van der Waals surface area contributed by atoms with Gasteiger partial charge in [0.15, 0.2) is 0 Å². The van der Waals surface area contributed by atoms with Crippen LogP contribution in [0.15, 0.2) is 42.5 Å². The molecule has 1 amide bonds. The van der Waals surface area contributed by atoms with E-state index in [2.05, 4.69) is 5.32 Å². The van der Waals surface area contributed by atoms with E-state index in [0.717, 1.165) is 12.1 Å². The predicted octanol–water partition coefficient (Wildman–Crippen LogP) is 3.39. The molecule has 0 aromatic heterocycles. The molecule has 26 heavy (non-hydrogen) atoms. The molecule has 0 heterocycles. The van der Waals surface area contributed by atoms with Crippen molar-refractivity contribution in [1.82, 2.24) is 5.32 Å². The Morgan fingerprint density at radius 2 is 1.92 bits per heavy atom. The van der Waals surface area contributed by atoms with Crippen molar-refractivity contribution in [2.45, 2.75) is 19.2 Å². The molecule has 0 radical (unpaired) electrons. The highest BCUT2D eigenvalue weighted by Gasteiger charge is 2.34. The SMILES string of the molecule is Cc1cc(C(=O)NCC(O)c2ccccc2C(F)(F)F)ccc1[N+](=O)[O-]. The number of alkyl halides is 3. The lowest BCUT2D eigenvalue weighted by atomic mass is 10.0. The molecule has 0 spiro atoms. The third-order valence-corrected chi connectivity index (χ3v) is 3.74. The van der Waals surface area contributed by atoms with Gasteiger partial charge in [0, 0.05) is 23.7 Å². The molecule has 0 fully saturated rings. The predicted molar refractivity (Wildman–Crippen MR) is 86.6 cm³/mol. The number of carbonyl (C=O) groups is 1. The first-order chi connectivity index (χ1) is 12.1. The van der Waals surface area contributed by atoms with Gasteiger partial charge in [0.1, 0.15) is 0 Å². The molecule has 0 aliphatic heterocycles. The third-order valence-electron chi connectivity index (χ3n) is 3.74. The van der Waals surface area contributed by atoms with Crippen LogP contribution >= 0.6 is 0 Å². The van der Waals surface area contributed by atoms with E-state index in [9.17, 15) is 33.2 Å².